The molecule has 1 aliphatic rings. The number of carbonyl (C=O) groups excluding carboxylic acids is 2. The molecule has 1 aromatic carbocycles. The summed E-state index contributed by atoms with van der Waals surface area (Å²) in [5, 5.41) is 3.13. The Hall–Kier alpha value is -1.70. The van der Waals surface area contributed by atoms with Crippen molar-refractivity contribution in [3.05, 3.63) is 22.7 Å². The fourth-order valence-corrected chi connectivity index (χ4v) is 2.77. The van der Waals surface area contributed by atoms with Crippen molar-refractivity contribution in [2.24, 2.45) is 17.4 Å². The maximum Gasteiger partial charge on any atom is 0.255 e. The molecular weight excluding hydrogens is 369 g/mol. The molecule has 1 fully saturated rings. The molecule has 9 heteroatoms. The molecule has 2 rings (SSSR count). The van der Waals surface area contributed by atoms with Crippen molar-refractivity contribution in [3.8, 4) is 11.5 Å². The van der Waals surface area contributed by atoms with Gasteiger partial charge in [-0.25, -0.2) is 0 Å². The molecule has 1 saturated carbocycles. The van der Waals surface area contributed by atoms with E-state index in [1.807, 2.05) is 6.92 Å². The maximum absolute atomic E-state index is 12.6. The van der Waals surface area contributed by atoms with E-state index in [0.717, 1.165) is 12.8 Å². The Balaban J connectivity index is 0.00000312. The molecule has 1 aromatic rings. The van der Waals surface area contributed by atoms with Crippen molar-refractivity contribution < 1.29 is 19.1 Å². The van der Waals surface area contributed by atoms with Crippen LogP contribution in [0.2, 0.25) is 5.02 Å². The van der Waals surface area contributed by atoms with Crippen LogP contribution in [0.25, 0.3) is 0 Å². The number of hydrogen-bond donors (Lipinski definition) is 3. The lowest BCUT2D eigenvalue weighted by Crippen LogP contribution is -2.53. The number of methoxy groups -OCH3 is 1. The van der Waals surface area contributed by atoms with Crippen LogP contribution in [0.4, 0.5) is 0 Å². The molecule has 7 nitrogen and oxygen atoms in total. The van der Waals surface area contributed by atoms with Crippen LogP contribution in [0.15, 0.2) is 12.1 Å². The summed E-state index contributed by atoms with van der Waals surface area (Å²) in [5.41, 5.74) is 10.8. The maximum atomic E-state index is 12.6. The van der Waals surface area contributed by atoms with E-state index >= 15 is 0 Å². The van der Waals surface area contributed by atoms with Gasteiger partial charge < -0.3 is 26.3 Å². The zero-order valence-corrected chi connectivity index (χ0v) is 15.7. The summed E-state index contributed by atoms with van der Waals surface area (Å²) in [7, 11) is 1.42. The van der Waals surface area contributed by atoms with Gasteiger partial charge in [0.25, 0.3) is 11.8 Å². The van der Waals surface area contributed by atoms with Crippen molar-refractivity contribution in [2.45, 2.75) is 25.3 Å². The average molecular weight is 392 g/mol. The van der Waals surface area contributed by atoms with Crippen molar-refractivity contribution in [1.82, 2.24) is 5.32 Å². The van der Waals surface area contributed by atoms with E-state index < -0.39 is 11.4 Å². The lowest BCUT2D eigenvalue weighted by Gasteiger charge is -2.29. The van der Waals surface area contributed by atoms with Crippen molar-refractivity contribution in [2.75, 3.05) is 20.3 Å². The highest BCUT2D eigenvalue weighted by Gasteiger charge is 2.41. The van der Waals surface area contributed by atoms with Gasteiger partial charge >= 0.3 is 0 Å². The average Bonchev–Trinajstić information content (AvgIpc) is 3.37. The second-order valence-corrected chi connectivity index (χ2v) is 6.50. The number of rotatable bonds is 8. The highest BCUT2D eigenvalue weighted by Crippen LogP contribution is 2.40. The SMILES string of the molecule is COc1cc(C(=O)NC(C)(CN)C2CC2)cc(Cl)c1OCC(N)=O.Cl. The van der Waals surface area contributed by atoms with Gasteiger partial charge in [0.15, 0.2) is 18.1 Å². The Labute approximate surface area is 157 Å². The van der Waals surface area contributed by atoms with E-state index in [2.05, 4.69) is 5.32 Å². The zero-order chi connectivity index (χ0) is 17.9. The van der Waals surface area contributed by atoms with Gasteiger partial charge in [-0.1, -0.05) is 11.6 Å². The molecule has 2 amide bonds. The zero-order valence-electron chi connectivity index (χ0n) is 14.1. The van der Waals surface area contributed by atoms with Crippen molar-refractivity contribution in [1.29, 1.82) is 0 Å². The molecule has 0 aromatic heterocycles. The third-order valence-electron chi connectivity index (χ3n) is 4.15. The Morgan fingerprint density at radius 2 is 2.04 bits per heavy atom. The molecule has 0 bridgehead atoms. The van der Waals surface area contributed by atoms with Crippen LogP contribution >= 0.6 is 24.0 Å². The number of nitrogens with one attached hydrogen (secondary N) is 1. The highest BCUT2D eigenvalue weighted by molar-refractivity contribution is 6.32. The third-order valence-corrected chi connectivity index (χ3v) is 4.43. The van der Waals surface area contributed by atoms with E-state index in [4.69, 9.17) is 32.5 Å². The first-order chi connectivity index (χ1) is 11.3. The molecule has 25 heavy (non-hydrogen) atoms. The molecule has 0 saturated heterocycles. The predicted octanol–water partition coefficient (Wildman–Crippen LogP) is 1.49. The number of halogens is 2. The van der Waals surface area contributed by atoms with Crippen LogP contribution in [0.5, 0.6) is 11.5 Å². The Morgan fingerprint density at radius 1 is 1.40 bits per heavy atom. The van der Waals surface area contributed by atoms with E-state index in [1.165, 1.54) is 19.2 Å². The summed E-state index contributed by atoms with van der Waals surface area (Å²) >= 11 is 6.16. The van der Waals surface area contributed by atoms with E-state index in [1.54, 1.807) is 0 Å². The summed E-state index contributed by atoms with van der Waals surface area (Å²) in [5.74, 6) is -0.135. The summed E-state index contributed by atoms with van der Waals surface area (Å²) in [4.78, 5) is 23.4. The van der Waals surface area contributed by atoms with Crippen LogP contribution in [0.1, 0.15) is 30.1 Å². The second kappa shape index (κ2) is 8.60. The first kappa shape index (κ1) is 21.3. The molecule has 1 atom stereocenters. The van der Waals surface area contributed by atoms with E-state index in [-0.39, 0.29) is 41.4 Å². The molecule has 1 aliphatic carbocycles. The second-order valence-electron chi connectivity index (χ2n) is 6.09. The molecule has 5 N–H and O–H groups in total. The number of primary amides is 1. The quantitative estimate of drug-likeness (QED) is 0.620. The lowest BCUT2D eigenvalue weighted by molar-refractivity contribution is -0.119. The lowest BCUT2D eigenvalue weighted by atomic mass is 9.95. The predicted molar refractivity (Wildman–Crippen MR) is 97.6 cm³/mol. The van der Waals surface area contributed by atoms with Crippen LogP contribution in [-0.4, -0.2) is 37.6 Å². The fourth-order valence-electron chi connectivity index (χ4n) is 2.51. The van der Waals surface area contributed by atoms with Crippen LogP contribution in [-0.2, 0) is 4.79 Å². The largest absolute Gasteiger partial charge is 0.493 e. The molecule has 0 heterocycles. The van der Waals surface area contributed by atoms with Gasteiger partial charge in [-0.2, -0.15) is 0 Å². The minimum absolute atomic E-state index is 0. The summed E-state index contributed by atoms with van der Waals surface area (Å²) < 4.78 is 10.4. The Kier molecular flexibility index (Phi) is 7.34. The molecule has 1 unspecified atom stereocenters. The van der Waals surface area contributed by atoms with Gasteiger partial charge in [0, 0.05) is 12.1 Å². The minimum atomic E-state index is -0.641. The van der Waals surface area contributed by atoms with Gasteiger partial charge in [-0.05, 0) is 37.8 Å². The molecule has 0 aliphatic heterocycles. The molecular formula is C16H23Cl2N3O4. The van der Waals surface area contributed by atoms with Crippen molar-refractivity contribution in [3.63, 3.8) is 0 Å². The van der Waals surface area contributed by atoms with Gasteiger partial charge in [0.05, 0.1) is 17.7 Å². The van der Waals surface area contributed by atoms with Crippen molar-refractivity contribution >= 4 is 35.8 Å². The number of hydrogen-bond acceptors (Lipinski definition) is 5. The van der Waals surface area contributed by atoms with Gasteiger partial charge in [0.2, 0.25) is 0 Å². The number of carbonyl (C=O) groups is 2. The minimum Gasteiger partial charge on any atom is -0.493 e. The normalized spacial score (nSPS) is 15.5. The molecule has 140 valence electrons. The highest BCUT2D eigenvalue weighted by atomic mass is 35.5. The van der Waals surface area contributed by atoms with Crippen LogP contribution < -0.4 is 26.3 Å². The fraction of sp³-hybridized carbons (Fsp3) is 0.500. The molecule has 0 spiro atoms. The van der Waals surface area contributed by atoms with Gasteiger partial charge in [-0.3, -0.25) is 9.59 Å². The number of benzene rings is 1. The Morgan fingerprint density at radius 3 is 2.52 bits per heavy atom. The first-order valence-corrected chi connectivity index (χ1v) is 7.99. The van der Waals surface area contributed by atoms with E-state index in [0.29, 0.717) is 18.0 Å². The summed E-state index contributed by atoms with van der Waals surface area (Å²) in [6.07, 6.45) is 2.11. The van der Waals surface area contributed by atoms with Gasteiger partial charge in [-0.15, -0.1) is 12.4 Å². The number of amides is 2. The Bertz CT molecular complexity index is 653. The summed E-state index contributed by atoms with van der Waals surface area (Å²) in [6.45, 7) is 1.95. The topological polar surface area (TPSA) is 117 Å². The number of ether oxygens (including phenoxy) is 2. The number of nitrogens with two attached hydrogens (primary N) is 2. The van der Waals surface area contributed by atoms with E-state index in [9.17, 15) is 9.59 Å². The first-order valence-electron chi connectivity index (χ1n) is 7.62. The van der Waals surface area contributed by atoms with Crippen LogP contribution in [0.3, 0.4) is 0 Å². The smallest absolute Gasteiger partial charge is 0.255 e. The standard InChI is InChI=1S/C16H22ClN3O4.ClH/c1-16(8-18,10-3-4-10)20-15(22)9-5-11(17)14(12(6-9)23-2)24-7-13(19)21;/h5-6,10H,3-4,7-8,18H2,1-2H3,(H2,19,21)(H,20,22);1H. The van der Waals surface area contributed by atoms with Gasteiger partial charge in [0.1, 0.15) is 0 Å². The summed E-state index contributed by atoms with van der Waals surface area (Å²) in [6, 6.07) is 2.96. The monoisotopic (exact) mass is 391 g/mol. The third kappa shape index (κ3) is 5.14. The van der Waals surface area contributed by atoms with Crippen LogP contribution in [0, 0.1) is 5.92 Å². The molecule has 0 radical (unpaired) electrons.